The van der Waals surface area contributed by atoms with Crippen LogP contribution in [0.5, 0.6) is 0 Å². The second kappa shape index (κ2) is 5.63. The Morgan fingerprint density at radius 2 is 2.00 bits per heavy atom. The third-order valence-electron chi connectivity index (χ3n) is 3.25. The molecule has 2 heterocycles. The number of aliphatic hydroxyl groups is 1. The van der Waals surface area contributed by atoms with Crippen LogP contribution in [0.2, 0.25) is 0 Å². The van der Waals surface area contributed by atoms with Gasteiger partial charge in [-0.25, -0.2) is 9.37 Å². The average molecular weight is 286 g/mol. The number of pyridine rings is 1. The van der Waals surface area contributed by atoms with E-state index in [0.29, 0.717) is 29.2 Å². The van der Waals surface area contributed by atoms with Crippen LogP contribution in [0.15, 0.2) is 48.7 Å². The van der Waals surface area contributed by atoms with Crippen molar-refractivity contribution in [3.8, 4) is 11.3 Å². The highest BCUT2D eigenvalue weighted by molar-refractivity contribution is 5.67. The van der Waals surface area contributed by atoms with Crippen molar-refractivity contribution in [1.29, 1.82) is 0 Å². The molecule has 0 saturated carbocycles. The number of aromatic nitrogens is 2. The second-order valence-corrected chi connectivity index (χ2v) is 4.56. The van der Waals surface area contributed by atoms with E-state index in [4.69, 9.17) is 4.74 Å². The van der Waals surface area contributed by atoms with Crippen LogP contribution in [0.3, 0.4) is 0 Å². The summed E-state index contributed by atoms with van der Waals surface area (Å²) >= 11 is 0. The first-order chi connectivity index (χ1) is 10.2. The Hall–Kier alpha value is -2.24. The van der Waals surface area contributed by atoms with E-state index in [9.17, 15) is 9.50 Å². The van der Waals surface area contributed by atoms with Crippen molar-refractivity contribution in [1.82, 2.24) is 9.38 Å². The molecule has 0 fully saturated rings. The first-order valence-electron chi connectivity index (χ1n) is 6.74. The monoisotopic (exact) mass is 286 g/mol. The first-order valence-corrected chi connectivity index (χ1v) is 6.74. The van der Waals surface area contributed by atoms with Gasteiger partial charge < -0.3 is 9.84 Å². The number of halogens is 1. The van der Waals surface area contributed by atoms with Gasteiger partial charge >= 0.3 is 0 Å². The quantitative estimate of drug-likeness (QED) is 0.749. The summed E-state index contributed by atoms with van der Waals surface area (Å²) in [6, 6.07) is 11.8. The first kappa shape index (κ1) is 13.7. The molecule has 0 aliphatic rings. The summed E-state index contributed by atoms with van der Waals surface area (Å²) in [5, 5.41) is 10.2. The number of ether oxygens (including phenoxy) is 1. The maximum atomic E-state index is 14.1. The molecule has 1 aromatic carbocycles. The lowest BCUT2D eigenvalue weighted by Gasteiger charge is -2.12. The summed E-state index contributed by atoms with van der Waals surface area (Å²) in [5.41, 5.74) is 1.79. The predicted molar refractivity (Wildman–Crippen MR) is 77.2 cm³/mol. The Balaban J connectivity index is 2.26. The van der Waals surface area contributed by atoms with Gasteiger partial charge in [-0.15, -0.1) is 0 Å². The van der Waals surface area contributed by atoms with Gasteiger partial charge in [-0.1, -0.05) is 18.2 Å². The van der Waals surface area contributed by atoms with Gasteiger partial charge in [-0.3, -0.25) is 4.40 Å². The zero-order valence-electron chi connectivity index (χ0n) is 11.5. The minimum atomic E-state index is -1.16. The molecule has 2 aromatic heterocycles. The van der Waals surface area contributed by atoms with Crippen LogP contribution in [0.1, 0.15) is 18.9 Å². The van der Waals surface area contributed by atoms with Crippen molar-refractivity contribution in [3.05, 3.63) is 60.2 Å². The lowest BCUT2D eigenvalue weighted by atomic mass is 10.1. The van der Waals surface area contributed by atoms with Crippen molar-refractivity contribution < 1.29 is 14.2 Å². The topological polar surface area (TPSA) is 46.8 Å². The van der Waals surface area contributed by atoms with Crippen LogP contribution >= 0.6 is 0 Å². The van der Waals surface area contributed by atoms with Crippen LogP contribution in [0, 0.1) is 5.82 Å². The van der Waals surface area contributed by atoms with E-state index in [-0.39, 0.29) is 5.82 Å². The molecular weight excluding hydrogens is 271 g/mol. The molecule has 3 rings (SSSR count). The number of hydrogen-bond donors (Lipinski definition) is 1. The van der Waals surface area contributed by atoms with E-state index < -0.39 is 6.29 Å². The van der Waals surface area contributed by atoms with Crippen LogP contribution in [0.25, 0.3) is 16.9 Å². The lowest BCUT2D eigenvalue weighted by Crippen LogP contribution is -2.07. The molecule has 4 nitrogen and oxygen atoms in total. The molecule has 0 amide bonds. The van der Waals surface area contributed by atoms with Crippen molar-refractivity contribution in [3.63, 3.8) is 0 Å². The molecule has 0 aliphatic heterocycles. The molecule has 0 bridgehead atoms. The molecule has 5 heteroatoms. The molecule has 1 atom stereocenters. The fraction of sp³-hybridized carbons (Fsp3) is 0.188. The summed E-state index contributed by atoms with van der Waals surface area (Å²) in [5.74, 6) is -0.383. The zero-order valence-corrected chi connectivity index (χ0v) is 11.5. The van der Waals surface area contributed by atoms with E-state index in [2.05, 4.69) is 4.98 Å². The number of fused-ring (bicyclic) bond motifs is 1. The highest BCUT2D eigenvalue weighted by Crippen LogP contribution is 2.31. The van der Waals surface area contributed by atoms with Crippen molar-refractivity contribution >= 4 is 5.65 Å². The molecule has 0 spiro atoms. The zero-order chi connectivity index (χ0) is 14.8. The van der Waals surface area contributed by atoms with Crippen molar-refractivity contribution in [2.75, 3.05) is 6.61 Å². The summed E-state index contributed by atoms with van der Waals surface area (Å²) in [6.45, 7) is 2.13. The molecule has 21 heavy (non-hydrogen) atoms. The van der Waals surface area contributed by atoms with E-state index in [1.807, 2.05) is 12.1 Å². The second-order valence-electron chi connectivity index (χ2n) is 4.56. The van der Waals surface area contributed by atoms with Crippen LogP contribution < -0.4 is 0 Å². The summed E-state index contributed by atoms with van der Waals surface area (Å²) in [4.78, 5) is 4.43. The number of aliphatic hydroxyl groups excluding tert-OH is 1. The Morgan fingerprint density at radius 3 is 2.76 bits per heavy atom. The van der Waals surface area contributed by atoms with Gasteiger partial charge in [0.1, 0.15) is 22.9 Å². The number of hydrogen-bond acceptors (Lipinski definition) is 3. The van der Waals surface area contributed by atoms with E-state index in [1.165, 1.54) is 6.07 Å². The summed E-state index contributed by atoms with van der Waals surface area (Å²) in [6.07, 6.45) is 0.603. The van der Waals surface area contributed by atoms with Crippen LogP contribution in [-0.4, -0.2) is 21.1 Å². The smallest absolute Gasteiger partial charge is 0.199 e. The molecule has 1 unspecified atom stereocenters. The third kappa shape index (κ3) is 2.41. The van der Waals surface area contributed by atoms with Gasteiger partial charge in [0.2, 0.25) is 0 Å². The highest BCUT2D eigenvalue weighted by Gasteiger charge is 2.22. The van der Waals surface area contributed by atoms with Crippen molar-refractivity contribution in [2.24, 2.45) is 0 Å². The normalized spacial score (nSPS) is 12.7. The van der Waals surface area contributed by atoms with Gasteiger partial charge in [0.05, 0.1) is 0 Å². The fourth-order valence-electron chi connectivity index (χ4n) is 2.34. The SMILES string of the molecule is CCOC(O)c1c(-c2ccccc2F)nc2ccccn12. The Morgan fingerprint density at radius 1 is 1.24 bits per heavy atom. The predicted octanol–water partition coefficient (Wildman–Crippen LogP) is 3.17. The maximum absolute atomic E-state index is 14.1. The molecule has 1 N–H and O–H groups in total. The van der Waals surface area contributed by atoms with Gasteiger partial charge in [0.25, 0.3) is 0 Å². The minimum Gasteiger partial charge on any atom is -0.363 e. The van der Waals surface area contributed by atoms with Gasteiger partial charge in [0, 0.05) is 18.4 Å². The maximum Gasteiger partial charge on any atom is 0.199 e. The van der Waals surface area contributed by atoms with Crippen LogP contribution in [0.4, 0.5) is 4.39 Å². The Labute approximate surface area is 121 Å². The summed E-state index contributed by atoms with van der Waals surface area (Å²) < 4.78 is 21.0. The van der Waals surface area contributed by atoms with E-state index >= 15 is 0 Å². The highest BCUT2D eigenvalue weighted by atomic mass is 19.1. The van der Waals surface area contributed by atoms with Gasteiger partial charge in [0.15, 0.2) is 6.29 Å². The van der Waals surface area contributed by atoms with Crippen LogP contribution in [-0.2, 0) is 4.74 Å². The largest absolute Gasteiger partial charge is 0.363 e. The Bertz CT molecular complexity index is 770. The molecule has 0 aliphatic carbocycles. The number of imidazole rings is 1. The minimum absolute atomic E-state index is 0.343. The lowest BCUT2D eigenvalue weighted by molar-refractivity contribution is -0.101. The number of rotatable bonds is 4. The molecule has 0 saturated heterocycles. The Kier molecular flexibility index (Phi) is 3.68. The number of nitrogens with zero attached hydrogens (tertiary/aromatic N) is 2. The standard InChI is InChI=1S/C16H15FN2O2/c1-2-21-16(20)15-14(11-7-3-4-8-12(11)17)18-13-9-5-6-10-19(13)15/h3-10,16,20H,2H2,1H3. The van der Waals surface area contributed by atoms with Gasteiger partial charge in [-0.2, -0.15) is 0 Å². The third-order valence-corrected chi connectivity index (χ3v) is 3.25. The molecule has 108 valence electrons. The molecular formula is C16H15FN2O2. The summed E-state index contributed by atoms with van der Waals surface area (Å²) in [7, 11) is 0. The average Bonchev–Trinajstić information content (AvgIpc) is 2.87. The fourth-order valence-corrected chi connectivity index (χ4v) is 2.34. The van der Waals surface area contributed by atoms with E-state index in [1.54, 1.807) is 41.8 Å². The molecule has 0 radical (unpaired) electrons. The molecule has 3 aromatic rings. The number of benzene rings is 1. The van der Waals surface area contributed by atoms with Gasteiger partial charge in [-0.05, 0) is 31.2 Å². The van der Waals surface area contributed by atoms with Crippen molar-refractivity contribution in [2.45, 2.75) is 13.2 Å². The van der Waals surface area contributed by atoms with E-state index in [0.717, 1.165) is 0 Å².